The molecule has 2 amide bonds. The van der Waals surface area contributed by atoms with Crippen molar-refractivity contribution in [2.24, 2.45) is 0 Å². The number of nitrogens with zero attached hydrogens (tertiary/aromatic N) is 2. The van der Waals surface area contributed by atoms with Gasteiger partial charge >= 0.3 is 0 Å². The predicted octanol–water partition coefficient (Wildman–Crippen LogP) is 3.85. The lowest BCUT2D eigenvalue weighted by Crippen LogP contribution is -2.52. The van der Waals surface area contributed by atoms with Crippen molar-refractivity contribution in [2.75, 3.05) is 17.1 Å². The molecule has 0 heterocycles. The Morgan fingerprint density at radius 1 is 1.03 bits per heavy atom. The van der Waals surface area contributed by atoms with Crippen LogP contribution in [0.15, 0.2) is 42.5 Å². The minimum Gasteiger partial charge on any atom is -0.352 e. The van der Waals surface area contributed by atoms with Crippen LogP contribution >= 0.6 is 0 Å². The summed E-state index contributed by atoms with van der Waals surface area (Å²) in [5.74, 6) is -0.634. The molecule has 2 aromatic rings. The topological polar surface area (TPSA) is 86.8 Å². The zero-order chi connectivity index (χ0) is 25.8. The van der Waals surface area contributed by atoms with E-state index in [-0.39, 0.29) is 25.0 Å². The van der Waals surface area contributed by atoms with Gasteiger partial charge in [-0.1, -0.05) is 49.2 Å². The number of hydrogen-bond donors (Lipinski definition) is 1. The van der Waals surface area contributed by atoms with Crippen LogP contribution in [0.3, 0.4) is 0 Å². The Kier molecular flexibility index (Phi) is 8.59. The molecule has 35 heavy (non-hydrogen) atoms. The number of hydrogen-bond acceptors (Lipinski definition) is 4. The smallest absolute Gasteiger partial charge is 0.244 e. The van der Waals surface area contributed by atoms with Crippen LogP contribution in [0.5, 0.6) is 0 Å². The Balaban J connectivity index is 1.92. The number of benzene rings is 2. The van der Waals surface area contributed by atoms with Crippen molar-refractivity contribution in [3.63, 3.8) is 0 Å². The van der Waals surface area contributed by atoms with Crippen LogP contribution < -0.4 is 9.62 Å². The Morgan fingerprint density at radius 3 is 2.31 bits per heavy atom. The molecule has 8 heteroatoms. The third-order valence-electron chi connectivity index (χ3n) is 6.78. The number of anilines is 1. The first-order valence-electron chi connectivity index (χ1n) is 12.2. The van der Waals surface area contributed by atoms with Crippen LogP contribution in [0.4, 0.5) is 5.69 Å². The fraction of sp³-hybridized carbons (Fsp3) is 0.481. The maximum Gasteiger partial charge on any atom is 0.244 e. The van der Waals surface area contributed by atoms with Gasteiger partial charge in [0.15, 0.2) is 0 Å². The maximum atomic E-state index is 13.7. The molecule has 190 valence electrons. The molecule has 0 spiro atoms. The fourth-order valence-electron chi connectivity index (χ4n) is 4.53. The predicted molar refractivity (Wildman–Crippen MR) is 140 cm³/mol. The number of sulfonamides is 1. The van der Waals surface area contributed by atoms with E-state index in [0.717, 1.165) is 58.5 Å². The van der Waals surface area contributed by atoms with Crippen LogP contribution in [0, 0.1) is 20.8 Å². The van der Waals surface area contributed by atoms with Crippen molar-refractivity contribution in [1.82, 2.24) is 10.2 Å². The summed E-state index contributed by atoms with van der Waals surface area (Å²) >= 11 is 0. The quantitative estimate of drug-likeness (QED) is 0.568. The summed E-state index contributed by atoms with van der Waals surface area (Å²) in [6, 6.07) is 12.6. The summed E-state index contributed by atoms with van der Waals surface area (Å²) in [4.78, 5) is 28.3. The molecule has 1 aliphatic carbocycles. The number of carbonyl (C=O) groups is 2. The van der Waals surface area contributed by atoms with Gasteiger partial charge in [0.05, 0.1) is 11.9 Å². The average Bonchev–Trinajstić information content (AvgIpc) is 3.30. The summed E-state index contributed by atoms with van der Waals surface area (Å²) in [6.45, 7) is 7.21. The van der Waals surface area contributed by atoms with E-state index >= 15 is 0 Å². The van der Waals surface area contributed by atoms with Gasteiger partial charge < -0.3 is 10.2 Å². The number of nitrogens with one attached hydrogen (secondary N) is 1. The molecule has 0 aliphatic heterocycles. The Labute approximate surface area is 209 Å². The molecule has 0 saturated heterocycles. The molecule has 1 N–H and O–H groups in total. The van der Waals surface area contributed by atoms with Crippen molar-refractivity contribution in [3.8, 4) is 0 Å². The normalized spacial score (nSPS) is 15.0. The molecule has 1 fully saturated rings. The van der Waals surface area contributed by atoms with Crippen LogP contribution in [-0.4, -0.2) is 50.0 Å². The lowest BCUT2D eigenvalue weighted by Gasteiger charge is -2.32. The molecule has 0 bridgehead atoms. The Morgan fingerprint density at radius 2 is 1.69 bits per heavy atom. The minimum absolute atomic E-state index is 0.128. The first kappa shape index (κ1) is 26.7. The molecule has 0 aromatic heterocycles. The summed E-state index contributed by atoms with van der Waals surface area (Å²) in [5, 5.41) is 3.08. The van der Waals surface area contributed by atoms with Gasteiger partial charge in [-0.3, -0.25) is 13.9 Å². The van der Waals surface area contributed by atoms with Gasteiger partial charge in [0.25, 0.3) is 0 Å². The Bertz CT molecular complexity index is 1170. The second-order valence-corrected chi connectivity index (χ2v) is 11.6. The lowest BCUT2D eigenvalue weighted by atomic mass is 10.1. The molecule has 0 unspecified atom stereocenters. The zero-order valence-electron chi connectivity index (χ0n) is 21.4. The van der Waals surface area contributed by atoms with Crippen molar-refractivity contribution in [2.45, 2.75) is 72.0 Å². The maximum absolute atomic E-state index is 13.7. The first-order valence-corrected chi connectivity index (χ1v) is 14.0. The van der Waals surface area contributed by atoms with Crippen molar-refractivity contribution in [3.05, 3.63) is 64.7 Å². The number of aryl methyl sites for hydroxylation is 3. The molecular formula is C27H37N3O4S. The van der Waals surface area contributed by atoms with Crippen molar-refractivity contribution >= 4 is 27.5 Å². The SMILES string of the molecule is Cc1ccc(C)c(N(CC(=O)N(Cc2ccccc2C)[C@H](C)C(=O)NC2CCCC2)S(C)(=O)=O)c1. The molecule has 1 aliphatic rings. The second-order valence-electron chi connectivity index (χ2n) is 9.67. The highest BCUT2D eigenvalue weighted by atomic mass is 32.2. The summed E-state index contributed by atoms with van der Waals surface area (Å²) in [7, 11) is -3.75. The van der Waals surface area contributed by atoms with Crippen LogP contribution in [0.25, 0.3) is 0 Å². The molecule has 7 nitrogen and oxygen atoms in total. The molecule has 0 radical (unpaired) electrons. The third-order valence-corrected chi connectivity index (χ3v) is 7.91. The van der Waals surface area contributed by atoms with Crippen molar-refractivity contribution < 1.29 is 18.0 Å². The van der Waals surface area contributed by atoms with E-state index < -0.39 is 22.0 Å². The molecule has 3 rings (SSSR count). The van der Waals surface area contributed by atoms with Crippen LogP contribution in [-0.2, 0) is 26.2 Å². The van der Waals surface area contributed by atoms with Gasteiger partial charge in [0.2, 0.25) is 21.8 Å². The van der Waals surface area contributed by atoms with E-state index in [4.69, 9.17) is 0 Å². The van der Waals surface area contributed by atoms with E-state index in [9.17, 15) is 18.0 Å². The molecule has 1 atom stereocenters. The van der Waals surface area contributed by atoms with Crippen LogP contribution in [0.2, 0.25) is 0 Å². The van der Waals surface area contributed by atoms with Gasteiger partial charge in [-0.2, -0.15) is 0 Å². The molecule has 2 aromatic carbocycles. The van der Waals surface area contributed by atoms with E-state index in [1.165, 1.54) is 4.90 Å². The van der Waals surface area contributed by atoms with Gasteiger partial charge in [0, 0.05) is 12.6 Å². The van der Waals surface area contributed by atoms with E-state index in [0.29, 0.717) is 5.69 Å². The fourth-order valence-corrected chi connectivity index (χ4v) is 5.43. The highest BCUT2D eigenvalue weighted by Gasteiger charge is 2.32. The van der Waals surface area contributed by atoms with E-state index in [1.54, 1.807) is 13.0 Å². The van der Waals surface area contributed by atoms with Gasteiger partial charge in [-0.25, -0.2) is 8.42 Å². The van der Waals surface area contributed by atoms with Gasteiger partial charge in [0.1, 0.15) is 12.6 Å². The van der Waals surface area contributed by atoms with E-state index in [2.05, 4.69) is 5.32 Å². The van der Waals surface area contributed by atoms with Gasteiger partial charge in [-0.05, 0) is 68.9 Å². The van der Waals surface area contributed by atoms with Crippen molar-refractivity contribution in [1.29, 1.82) is 0 Å². The van der Waals surface area contributed by atoms with E-state index in [1.807, 2.05) is 57.2 Å². The second kappa shape index (κ2) is 11.2. The zero-order valence-corrected chi connectivity index (χ0v) is 22.2. The lowest BCUT2D eigenvalue weighted by molar-refractivity contribution is -0.139. The van der Waals surface area contributed by atoms with Crippen LogP contribution in [0.1, 0.15) is 54.9 Å². The number of amides is 2. The highest BCUT2D eigenvalue weighted by molar-refractivity contribution is 7.92. The number of carbonyl (C=O) groups excluding carboxylic acids is 2. The molecular weight excluding hydrogens is 462 g/mol. The summed E-state index contributed by atoms with van der Waals surface area (Å²) < 4.78 is 26.7. The summed E-state index contributed by atoms with van der Waals surface area (Å²) in [6.07, 6.45) is 5.16. The minimum atomic E-state index is -3.75. The summed E-state index contributed by atoms with van der Waals surface area (Å²) in [5.41, 5.74) is 4.04. The largest absolute Gasteiger partial charge is 0.352 e. The first-order chi connectivity index (χ1) is 16.5. The standard InChI is InChI=1S/C27H37N3O4S/c1-19-14-15-21(3)25(16-19)30(35(5,33)34)18-26(31)29(17-23-11-7-6-10-20(23)2)22(4)27(32)28-24-12-8-9-13-24/h6-7,10-11,14-16,22,24H,8-9,12-13,17-18H2,1-5H3,(H,28,32)/t22-/m1/s1. The molecule has 1 saturated carbocycles. The number of rotatable bonds is 9. The monoisotopic (exact) mass is 499 g/mol. The average molecular weight is 500 g/mol. The Hall–Kier alpha value is -2.87. The van der Waals surface area contributed by atoms with Gasteiger partial charge in [-0.15, -0.1) is 0 Å². The highest BCUT2D eigenvalue weighted by Crippen LogP contribution is 2.25. The third kappa shape index (κ3) is 6.84.